The summed E-state index contributed by atoms with van der Waals surface area (Å²) in [6, 6.07) is 8.53. The molecule has 195 valence electrons. The van der Waals surface area contributed by atoms with Crippen LogP contribution in [-0.4, -0.2) is 63.9 Å². The summed E-state index contributed by atoms with van der Waals surface area (Å²) in [5.74, 6) is -0.907. The molecule has 0 saturated carbocycles. The third-order valence-electron chi connectivity index (χ3n) is 5.13. The number of ether oxygens (including phenoxy) is 1. The number of carboxylic acid groups (broad SMARTS) is 1. The van der Waals surface area contributed by atoms with Gasteiger partial charge in [-0.2, -0.15) is 0 Å². The molecule has 1 saturated heterocycles. The minimum Gasteiger partial charge on any atom is -0.699 e. The van der Waals surface area contributed by atoms with Crippen molar-refractivity contribution < 1.29 is 57.3 Å². The number of carbonyl (C=O) groups is 2. The monoisotopic (exact) mass is 615 g/mol. The van der Waals surface area contributed by atoms with Crippen LogP contribution < -0.4 is 15.5 Å². The average molecular weight is 616 g/mol. The van der Waals surface area contributed by atoms with E-state index in [1.165, 1.54) is 12.3 Å². The fourth-order valence-electron chi connectivity index (χ4n) is 3.43. The van der Waals surface area contributed by atoms with Crippen molar-refractivity contribution in [1.82, 2.24) is 20.7 Å². The second-order valence-corrected chi connectivity index (χ2v) is 8.81. The van der Waals surface area contributed by atoms with Crippen molar-refractivity contribution in [3.63, 3.8) is 0 Å². The minimum absolute atomic E-state index is 0. The number of amides is 1. The summed E-state index contributed by atoms with van der Waals surface area (Å²) in [4.78, 5) is 28.4. The van der Waals surface area contributed by atoms with Crippen molar-refractivity contribution in [3.05, 3.63) is 57.9 Å². The van der Waals surface area contributed by atoms with Crippen molar-refractivity contribution >= 4 is 40.8 Å². The Kier molecular flexibility index (Phi) is 15.4. The van der Waals surface area contributed by atoms with Gasteiger partial charge in [0, 0.05) is 58.0 Å². The molecule has 1 fully saturated rings. The largest absolute Gasteiger partial charge is 0.699 e. The third-order valence-corrected chi connectivity index (χ3v) is 5.61. The van der Waals surface area contributed by atoms with Crippen LogP contribution in [0.15, 0.2) is 36.5 Å². The van der Waals surface area contributed by atoms with Gasteiger partial charge in [0.2, 0.25) is 5.88 Å². The molecule has 0 aliphatic carbocycles. The van der Waals surface area contributed by atoms with E-state index in [9.17, 15) is 9.59 Å². The zero-order valence-corrected chi connectivity index (χ0v) is 24.3. The van der Waals surface area contributed by atoms with Gasteiger partial charge in [-0.3, -0.25) is 14.5 Å². The van der Waals surface area contributed by atoms with Crippen LogP contribution in [0.25, 0.3) is 5.73 Å². The number of halogens is 2. The number of nitrogens with zero attached hydrogens (tertiary/aromatic N) is 2. The van der Waals surface area contributed by atoms with Gasteiger partial charge >= 0.3 is 5.97 Å². The maximum atomic E-state index is 12.2. The Morgan fingerprint density at radius 3 is 2.69 bits per heavy atom. The van der Waals surface area contributed by atoms with Crippen molar-refractivity contribution in [3.8, 4) is 5.88 Å². The molecule has 1 aromatic heterocycles. The number of likely N-dealkylation sites (tertiary alicyclic amines) is 1. The molecule has 2 atom stereocenters. The summed E-state index contributed by atoms with van der Waals surface area (Å²) >= 11 is 11.8. The molecule has 3 rings (SSSR count). The van der Waals surface area contributed by atoms with Crippen LogP contribution in [0, 0.1) is 0 Å². The van der Waals surface area contributed by atoms with Crippen molar-refractivity contribution in [1.29, 1.82) is 0 Å². The van der Waals surface area contributed by atoms with Gasteiger partial charge in [0.15, 0.2) is 6.10 Å². The van der Waals surface area contributed by atoms with Crippen molar-refractivity contribution in [2.45, 2.75) is 44.9 Å². The van der Waals surface area contributed by atoms with E-state index in [-0.39, 0.29) is 62.1 Å². The van der Waals surface area contributed by atoms with E-state index >= 15 is 0 Å². The quantitative estimate of drug-likeness (QED) is 0.309. The summed E-state index contributed by atoms with van der Waals surface area (Å²) in [6.45, 7) is 3.65. The number of carbonyl (C=O) groups excluding carboxylic acids is 1. The summed E-state index contributed by atoms with van der Waals surface area (Å²) in [5.41, 5.74) is 11.0. The van der Waals surface area contributed by atoms with Crippen molar-refractivity contribution in [2.24, 2.45) is 0 Å². The van der Waals surface area contributed by atoms with Crippen LogP contribution in [-0.2, 0) is 48.8 Å². The summed E-state index contributed by atoms with van der Waals surface area (Å²) in [6.07, 6.45) is 3.01. The average Bonchev–Trinajstić information content (AvgIpc) is 2.82. The molecule has 1 amide bonds. The van der Waals surface area contributed by atoms with E-state index < -0.39 is 12.1 Å². The Hall–Kier alpha value is -1.53. The summed E-state index contributed by atoms with van der Waals surface area (Å²) in [7, 11) is 0. The molecule has 0 spiro atoms. The number of rotatable bonds is 9. The number of aromatic nitrogens is 1. The Morgan fingerprint density at radius 2 is 2.08 bits per heavy atom. The zero-order chi connectivity index (χ0) is 25.8. The number of carboxylic acids is 1. The molecule has 1 radical (unpaired) electrons. The Bertz CT molecular complexity index is 988. The second-order valence-electron chi connectivity index (χ2n) is 7.97. The summed E-state index contributed by atoms with van der Waals surface area (Å²) in [5, 5.41) is 20.6. The van der Waals surface area contributed by atoms with Crippen LogP contribution in [0.3, 0.4) is 0 Å². The first-order valence-electron chi connectivity index (χ1n) is 11.1. The van der Waals surface area contributed by atoms with Crippen molar-refractivity contribution in [2.75, 3.05) is 19.6 Å². The molecule has 2 aromatic rings. The molecule has 1 aromatic carbocycles. The normalized spacial score (nSPS) is 16.1. The maximum Gasteiger partial charge on any atom is 0.317 e. The van der Waals surface area contributed by atoms with E-state index in [1.807, 2.05) is 17.9 Å². The smallest absolute Gasteiger partial charge is 0.317 e. The number of benzene rings is 1. The molecule has 5 N–H and O–H groups in total. The third kappa shape index (κ3) is 11.7. The molecule has 10 nitrogen and oxygen atoms in total. The second kappa shape index (κ2) is 17.1. The van der Waals surface area contributed by atoms with Crippen LogP contribution in [0.2, 0.25) is 10.0 Å². The number of hydrogen-bond donors (Lipinski definition) is 4. The van der Waals surface area contributed by atoms with Gasteiger partial charge in [-0.15, -0.1) is 5.69 Å². The van der Waals surface area contributed by atoms with E-state index in [2.05, 4.69) is 15.8 Å². The van der Waals surface area contributed by atoms with Crippen LogP contribution >= 0.6 is 23.2 Å². The fraction of sp³-hybridized carbons (Fsp3) is 0.435. The van der Waals surface area contributed by atoms with Gasteiger partial charge in [0.1, 0.15) is 5.02 Å². The Labute approximate surface area is 245 Å². The van der Waals surface area contributed by atoms with E-state index in [1.54, 1.807) is 18.2 Å². The number of nitrogens with one attached hydrogen (secondary N) is 3. The molecule has 2 unspecified atom stereocenters. The van der Waals surface area contributed by atoms with E-state index in [4.69, 9.17) is 44.0 Å². The van der Waals surface area contributed by atoms with Crippen LogP contribution in [0.4, 0.5) is 5.69 Å². The molecule has 36 heavy (non-hydrogen) atoms. The molecular formula is C23H30Cl2N5O5Y-. The standard InChI is InChI=1S/C16H16Cl2N3O2.C7H14N2O3.Y/c1-2-14(23-16-13(18)7-11(17)9-21-16)15(22)20-8-10-4-3-5-12(19)6-10;10-7(11)5-9-3-1-2-6(4-9)8-12;/h3-7,9,14,19H,2,8H2,1H3,(H,20,22);6,8,12H,1-5H2,(H,10,11);/q-1;;. The van der Waals surface area contributed by atoms with Gasteiger partial charge in [0.05, 0.1) is 11.6 Å². The first-order valence-corrected chi connectivity index (χ1v) is 11.9. The predicted molar refractivity (Wildman–Crippen MR) is 133 cm³/mol. The number of aliphatic carboxylic acids is 1. The molecule has 2 heterocycles. The minimum atomic E-state index is -0.811. The number of hydrogen-bond acceptors (Lipinski definition) is 7. The maximum absolute atomic E-state index is 12.2. The molecule has 13 heteroatoms. The van der Waals surface area contributed by atoms with Gasteiger partial charge < -0.3 is 26.1 Å². The number of pyridine rings is 1. The first-order chi connectivity index (χ1) is 16.7. The summed E-state index contributed by atoms with van der Waals surface area (Å²) < 4.78 is 5.57. The SMILES string of the molecule is CCC(Oc1ncc(Cl)cc1Cl)C(=O)NCc1cccc([NH-])c1.O=C(O)CN1CCCC(NO)C1.[Y]. The Balaban J connectivity index is 0.000000422. The van der Waals surface area contributed by atoms with Crippen LogP contribution in [0.1, 0.15) is 31.7 Å². The van der Waals surface area contributed by atoms with E-state index in [0.717, 1.165) is 24.9 Å². The predicted octanol–water partition coefficient (Wildman–Crippen LogP) is 4.06. The number of piperidine rings is 1. The fourth-order valence-corrected chi connectivity index (χ4v) is 3.85. The molecular weight excluding hydrogens is 586 g/mol. The number of hydroxylamine groups is 1. The van der Waals surface area contributed by atoms with E-state index in [0.29, 0.717) is 30.2 Å². The molecule has 1 aliphatic rings. The van der Waals surface area contributed by atoms with Gasteiger partial charge in [-0.25, -0.2) is 10.5 Å². The molecule has 1 aliphatic heterocycles. The van der Waals surface area contributed by atoms with Gasteiger partial charge in [0.25, 0.3) is 5.91 Å². The first kappa shape index (κ1) is 32.5. The topological polar surface area (TPSA) is 148 Å². The van der Waals surface area contributed by atoms with Gasteiger partial charge in [-0.05, 0) is 37.4 Å². The zero-order valence-electron chi connectivity index (χ0n) is 19.9. The van der Waals surface area contributed by atoms with Crippen LogP contribution in [0.5, 0.6) is 5.88 Å². The van der Waals surface area contributed by atoms with Gasteiger partial charge in [-0.1, -0.05) is 54.4 Å². The molecule has 0 bridgehead atoms. The Morgan fingerprint density at radius 1 is 1.33 bits per heavy atom.